The molecule has 0 bridgehead atoms. The molecular weight excluding hydrogens is 262 g/mol. The van der Waals surface area contributed by atoms with Gasteiger partial charge in [-0.15, -0.1) is 0 Å². The maximum Gasteiger partial charge on any atom is 0.323 e. The van der Waals surface area contributed by atoms with Crippen molar-refractivity contribution >= 4 is 27.0 Å². The van der Waals surface area contributed by atoms with Gasteiger partial charge in [-0.2, -0.15) is 0 Å². The Labute approximate surface area is 101 Å². The molecule has 0 unspecified atom stereocenters. The Morgan fingerprint density at radius 3 is 2.61 bits per heavy atom. The van der Waals surface area contributed by atoms with Gasteiger partial charge in [0.25, 0.3) is 0 Å². The number of carboxylic acid groups (broad SMARTS) is 1. The van der Waals surface area contributed by atoms with Crippen molar-refractivity contribution in [2.75, 3.05) is 6.54 Å². The summed E-state index contributed by atoms with van der Waals surface area (Å²) in [6, 6.07) is 3.88. The fourth-order valence-electron chi connectivity index (χ4n) is 1.42. The van der Waals surface area contributed by atoms with Crippen molar-refractivity contribution in [2.45, 2.75) is 4.90 Å². The van der Waals surface area contributed by atoms with Crippen molar-refractivity contribution in [2.24, 2.45) is 0 Å². The first-order valence-corrected chi connectivity index (χ1v) is 6.28. The van der Waals surface area contributed by atoms with Crippen molar-refractivity contribution in [1.82, 2.24) is 14.7 Å². The molecule has 0 fully saturated rings. The van der Waals surface area contributed by atoms with Gasteiger partial charge >= 0.3 is 5.69 Å². The summed E-state index contributed by atoms with van der Waals surface area (Å²) >= 11 is 0. The second-order valence-corrected chi connectivity index (χ2v) is 5.25. The van der Waals surface area contributed by atoms with Crippen molar-refractivity contribution < 1.29 is 18.3 Å². The van der Waals surface area contributed by atoms with Crippen LogP contribution in [0.25, 0.3) is 11.0 Å². The molecule has 0 amide bonds. The number of fused-ring (bicyclic) bond motifs is 1. The van der Waals surface area contributed by atoms with Crippen LogP contribution < -0.4 is 15.5 Å². The van der Waals surface area contributed by atoms with Crippen LogP contribution in [0.2, 0.25) is 0 Å². The van der Waals surface area contributed by atoms with Crippen LogP contribution in [-0.4, -0.2) is 30.9 Å². The Kier molecular flexibility index (Phi) is 2.93. The van der Waals surface area contributed by atoms with Crippen LogP contribution in [-0.2, 0) is 14.8 Å². The maximum absolute atomic E-state index is 11.7. The average Bonchev–Trinajstić information content (AvgIpc) is 2.65. The first-order chi connectivity index (χ1) is 8.38. The lowest BCUT2D eigenvalue weighted by Gasteiger charge is -2.06. The van der Waals surface area contributed by atoms with Gasteiger partial charge in [-0.05, 0) is 18.2 Å². The highest BCUT2D eigenvalue weighted by Crippen LogP contribution is 2.14. The van der Waals surface area contributed by atoms with E-state index in [0.717, 1.165) is 0 Å². The third-order valence-corrected chi connectivity index (χ3v) is 3.60. The van der Waals surface area contributed by atoms with E-state index in [1.807, 2.05) is 4.72 Å². The normalized spacial score (nSPS) is 11.8. The first kappa shape index (κ1) is 12.3. The minimum atomic E-state index is -3.94. The standard InChI is InChI=1S/C9H9N3O5S/c13-8(14)4-10-18(16,17)5-1-2-6-7(3-5)12-9(15)11-6/h1-3,10H,4H2,(H,13,14)(H2,11,12,15)/p-1. The number of imidazole rings is 1. The largest absolute Gasteiger partial charge is 0.549 e. The van der Waals surface area contributed by atoms with E-state index in [-0.39, 0.29) is 4.90 Å². The van der Waals surface area contributed by atoms with E-state index in [2.05, 4.69) is 9.97 Å². The summed E-state index contributed by atoms with van der Waals surface area (Å²) in [5, 5.41) is 10.2. The quantitative estimate of drug-likeness (QED) is 0.584. The lowest BCUT2D eigenvalue weighted by Crippen LogP contribution is -2.37. The summed E-state index contributed by atoms with van der Waals surface area (Å²) in [7, 11) is -3.94. The van der Waals surface area contributed by atoms with E-state index in [0.29, 0.717) is 11.0 Å². The molecule has 0 aliphatic carbocycles. The number of aliphatic carboxylic acids is 1. The summed E-state index contributed by atoms with van der Waals surface area (Å²) in [6.07, 6.45) is 0. The Hall–Kier alpha value is -2.13. The molecule has 0 spiro atoms. The zero-order valence-electron chi connectivity index (χ0n) is 8.89. The predicted octanol–water partition coefficient (Wildman–Crippen LogP) is -2.12. The number of rotatable bonds is 4. The van der Waals surface area contributed by atoms with Gasteiger partial charge in [-0.3, -0.25) is 0 Å². The predicted molar refractivity (Wildman–Crippen MR) is 59.1 cm³/mol. The highest BCUT2D eigenvalue weighted by molar-refractivity contribution is 7.89. The second kappa shape index (κ2) is 4.27. The summed E-state index contributed by atoms with van der Waals surface area (Å²) < 4.78 is 25.2. The lowest BCUT2D eigenvalue weighted by molar-refractivity contribution is -0.303. The summed E-state index contributed by atoms with van der Waals surface area (Å²) in [5.74, 6) is -1.53. The molecule has 1 aromatic carbocycles. The number of sulfonamides is 1. The molecule has 0 aliphatic heterocycles. The number of carboxylic acids is 1. The number of carbonyl (C=O) groups is 1. The van der Waals surface area contributed by atoms with E-state index in [1.165, 1.54) is 18.2 Å². The van der Waals surface area contributed by atoms with E-state index >= 15 is 0 Å². The van der Waals surface area contributed by atoms with Gasteiger partial charge in [-0.25, -0.2) is 17.9 Å². The Bertz CT molecular complexity index is 758. The third kappa shape index (κ3) is 2.41. The molecule has 96 valence electrons. The van der Waals surface area contributed by atoms with Crippen LogP contribution in [0, 0.1) is 0 Å². The lowest BCUT2D eigenvalue weighted by atomic mass is 10.3. The van der Waals surface area contributed by atoms with Gasteiger partial charge in [0.1, 0.15) is 0 Å². The topological polar surface area (TPSA) is 135 Å². The highest BCUT2D eigenvalue weighted by Gasteiger charge is 2.14. The van der Waals surface area contributed by atoms with Gasteiger partial charge in [0.2, 0.25) is 10.0 Å². The molecule has 0 radical (unpaired) electrons. The molecular formula is C9H8N3O5S-. The molecule has 2 aromatic rings. The zero-order valence-corrected chi connectivity index (χ0v) is 9.71. The molecule has 0 saturated carbocycles. The number of hydrogen-bond acceptors (Lipinski definition) is 5. The van der Waals surface area contributed by atoms with Gasteiger partial charge in [0, 0.05) is 0 Å². The Morgan fingerprint density at radius 2 is 1.94 bits per heavy atom. The highest BCUT2D eigenvalue weighted by atomic mass is 32.2. The van der Waals surface area contributed by atoms with E-state index < -0.39 is 28.2 Å². The van der Waals surface area contributed by atoms with Crippen LogP contribution in [0.3, 0.4) is 0 Å². The molecule has 3 N–H and O–H groups in total. The minimum Gasteiger partial charge on any atom is -0.549 e. The van der Waals surface area contributed by atoms with Gasteiger partial charge in [0.15, 0.2) is 0 Å². The minimum absolute atomic E-state index is 0.147. The number of aromatic amines is 2. The average molecular weight is 270 g/mol. The smallest absolute Gasteiger partial charge is 0.323 e. The molecule has 1 aromatic heterocycles. The molecule has 1 heterocycles. The van der Waals surface area contributed by atoms with Crippen LogP contribution in [0.1, 0.15) is 0 Å². The van der Waals surface area contributed by atoms with Crippen LogP contribution in [0.4, 0.5) is 0 Å². The zero-order chi connectivity index (χ0) is 13.3. The summed E-state index contributed by atoms with van der Waals surface area (Å²) in [4.78, 5) is 25.9. The van der Waals surface area contributed by atoms with Crippen LogP contribution >= 0.6 is 0 Å². The molecule has 18 heavy (non-hydrogen) atoms. The van der Waals surface area contributed by atoms with E-state index in [4.69, 9.17) is 0 Å². The number of carbonyl (C=O) groups excluding carboxylic acids is 1. The van der Waals surface area contributed by atoms with Crippen molar-refractivity contribution in [3.05, 3.63) is 28.7 Å². The van der Waals surface area contributed by atoms with Crippen molar-refractivity contribution in [1.29, 1.82) is 0 Å². The monoisotopic (exact) mass is 270 g/mol. The first-order valence-electron chi connectivity index (χ1n) is 4.80. The number of hydrogen-bond donors (Lipinski definition) is 3. The van der Waals surface area contributed by atoms with Gasteiger partial charge < -0.3 is 19.9 Å². The van der Waals surface area contributed by atoms with E-state index in [1.54, 1.807) is 0 Å². The van der Waals surface area contributed by atoms with E-state index in [9.17, 15) is 23.1 Å². The second-order valence-electron chi connectivity index (χ2n) is 3.48. The van der Waals surface area contributed by atoms with Crippen molar-refractivity contribution in [3.8, 4) is 0 Å². The van der Waals surface area contributed by atoms with Crippen molar-refractivity contribution in [3.63, 3.8) is 0 Å². The Morgan fingerprint density at radius 1 is 1.28 bits per heavy atom. The fraction of sp³-hybridized carbons (Fsp3) is 0.111. The SMILES string of the molecule is O=C([O-])CNS(=O)(=O)c1ccc2[nH]c(=O)[nH]c2c1. The third-order valence-electron chi connectivity index (χ3n) is 2.20. The maximum atomic E-state index is 11.7. The molecule has 9 heteroatoms. The molecule has 0 atom stereocenters. The molecule has 8 nitrogen and oxygen atoms in total. The number of aromatic nitrogens is 2. The number of nitrogens with one attached hydrogen (secondary N) is 3. The number of H-pyrrole nitrogens is 2. The van der Waals surface area contributed by atoms with Gasteiger partial charge in [-0.1, -0.05) is 0 Å². The number of benzene rings is 1. The van der Waals surface area contributed by atoms with Crippen LogP contribution in [0.5, 0.6) is 0 Å². The molecule has 0 saturated heterocycles. The fourth-order valence-corrected chi connectivity index (χ4v) is 2.41. The Balaban J connectivity index is 2.41. The van der Waals surface area contributed by atoms with Crippen LogP contribution in [0.15, 0.2) is 27.9 Å². The molecule has 0 aliphatic rings. The molecule has 2 rings (SSSR count). The van der Waals surface area contributed by atoms with Gasteiger partial charge in [0.05, 0.1) is 28.4 Å². The summed E-state index contributed by atoms with van der Waals surface area (Å²) in [6.45, 7) is -0.815. The summed E-state index contributed by atoms with van der Waals surface area (Å²) in [5.41, 5.74) is 0.317.